The van der Waals surface area contributed by atoms with Gasteiger partial charge in [0.25, 0.3) is 0 Å². The van der Waals surface area contributed by atoms with Crippen LogP contribution in [-0.4, -0.2) is 19.7 Å². The van der Waals surface area contributed by atoms with Crippen LogP contribution in [0.2, 0.25) is 10.0 Å². The van der Waals surface area contributed by atoms with Crippen LogP contribution < -0.4 is 0 Å². The number of rotatable bonds is 4. The maximum absolute atomic E-state index is 15.3. The number of aryl methyl sites for hydroxylation is 1. The van der Waals surface area contributed by atoms with Crippen LogP contribution in [0.25, 0.3) is 39.9 Å². The minimum atomic E-state index is -0.640. The maximum atomic E-state index is 15.3. The lowest BCUT2D eigenvalue weighted by atomic mass is 10.1. The summed E-state index contributed by atoms with van der Waals surface area (Å²) in [6.07, 6.45) is 0. The Morgan fingerprint density at radius 2 is 1.64 bits per heavy atom. The first-order chi connectivity index (χ1) is 15.9. The third kappa shape index (κ3) is 3.79. The molecular weight excluding hydrogens is 469 g/mol. The Hall–Kier alpha value is -3.55. The van der Waals surface area contributed by atoms with E-state index in [0.29, 0.717) is 34.2 Å². The lowest BCUT2D eigenvalue weighted by Gasteiger charge is -2.15. The van der Waals surface area contributed by atoms with E-state index in [1.807, 2.05) is 30.3 Å². The summed E-state index contributed by atoms with van der Waals surface area (Å²) in [5.74, 6) is -0.288. The van der Waals surface area contributed by atoms with Crippen molar-refractivity contribution in [2.75, 3.05) is 0 Å². The van der Waals surface area contributed by atoms with Gasteiger partial charge in [0, 0.05) is 18.1 Å². The maximum Gasteiger partial charge on any atom is 0.223 e. The predicted octanol–water partition coefficient (Wildman–Crippen LogP) is 7.15. The molecule has 0 N–H and O–H groups in total. The molecule has 0 atom stereocenters. The van der Waals surface area contributed by atoms with Gasteiger partial charge in [0.1, 0.15) is 17.3 Å². The van der Waals surface area contributed by atoms with Gasteiger partial charge in [-0.3, -0.25) is 4.57 Å². The number of hydrogen-bond donors (Lipinski definition) is 0. The Labute approximate surface area is 197 Å². The third-order valence-corrected chi connectivity index (χ3v) is 5.60. The van der Waals surface area contributed by atoms with Crippen LogP contribution in [0.15, 0.2) is 71.3 Å². The summed E-state index contributed by atoms with van der Waals surface area (Å²) in [6.45, 7) is 1.65. The van der Waals surface area contributed by atoms with E-state index in [2.05, 4.69) is 10.1 Å². The van der Waals surface area contributed by atoms with E-state index < -0.39 is 11.6 Å². The van der Waals surface area contributed by atoms with Gasteiger partial charge in [-0.25, -0.2) is 13.8 Å². The van der Waals surface area contributed by atoms with Crippen LogP contribution in [-0.2, 0) is 0 Å². The quantitative estimate of drug-likeness (QED) is 0.273. The third-order valence-electron chi connectivity index (χ3n) is 5.01. The molecule has 0 amide bonds. The fourth-order valence-corrected chi connectivity index (χ4v) is 3.91. The Morgan fingerprint density at radius 3 is 2.33 bits per heavy atom. The molecule has 0 fully saturated rings. The summed E-state index contributed by atoms with van der Waals surface area (Å²) in [6, 6.07) is 18.1. The van der Waals surface area contributed by atoms with Crippen molar-refractivity contribution in [3.8, 4) is 39.9 Å². The molecule has 5 aromatic rings. The van der Waals surface area contributed by atoms with Gasteiger partial charge in [-0.1, -0.05) is 64.8 Å². The Morgan fingerprint density at radius 1 is 0.848 bits per heavy atom. The fourth-order valence-electron chi connectivity index (χ4n) is 3.56. The van der Waals surface area contributed by atoms with Crippen LogP contribution in [0, 0.1) is 18.6 Å². The number of hydrogen-bond acceptors (Lipinski definition) is 4. The summed E-state index contributed by atoms with van der Waals surface area (Å²) in [5, 5.41) is 3.86. The minimum absolute atomic E-state index is 0.0553. The molecular formula is C24H14Cl2F2N4O. The minimum Gasteiger partial charge on any atom is -0.339 e. The average Bonchev–Trinajstić information content (AvgIpc) is 3.42. The molecule has 5 rings (SSSR count). The molecule has 0 saturated heterocycles. The Bertz CT molecular complexity index is 1480. The summed E-state index contributed by atoms with van der Waals surface area (Å²) in [4.78, 5) is 9.08. The Balaban J connectivity index is 1.93. The number of nitrogens with zero attached hydrogens (tertiary/aromatic N) is 4. The van der Waals surface area contributed by atoms with Gasteiger partial charge in [0.15, 0.2) is 5.82 Å². The van der Waals surface area contributed by atoms with Gasteiger partial charge >= 0.3 is 0 Å². The van der Waals surface area contributed by atoms with E-state index in [-0.39, 0.29) is 21.6 Å². The highest BCUT2D eigenvalue weighted by Gasteiger charge is 2.27. The van der Waals surface area contributed by atoms with Crippen molar-refractivity contribution in [1.82, 2.24) is 19.7 Å². The number of imidazole rings is 1. The van der Waals surface area contributed by atoms with Gasteiger partial charge in [-0.15, -0.1) is 0 Å². The summed E-state index contributed by atoms with van der Waals surface area (Å²) in [5.41, 5.74) is 2.05. The van der Waals surface area contributed by atoms with Gasteiger partial charge < -0.3 is 4.52 Å². The molecule has 0 bridgehead atoms. The summed E-state index contributed by atoms with van der Waals surface area (Å²) >= 11 is 12.2. The lowest BCUT2D eigenvalue weighted by molar-refractivity contribution is 0.394. The molecule has 3 aromatic carbocycles. The number of aromatic nitrogens is 4. The first-order valence-corrected chi connectivity index (χ1v) is 10.6. The van der Waals surface area contributed by atoms with E-state index in [9.17, 15) is 4.39 Å². The zero-order valence-corrected chi connectivity index (χ0v) is 18.6. The van der Waals surface area contributed by atoms with E-state index in [4.69, 9.17) is 32.7 Å². The molecule has 164 valence electrons. The van der Waals surface area contributed by atoms with Crippen LogP contribution >= 0.6 is 23.2 Å². The first-order valence-electron chi connectivity index (χ1n) is 9.82. The number of halogens is 4. The van der Waals surface area contributed by atoms with Crippen LogP contribution in [0.1, 0.15) is 5.89 Å². The summed E-state index contributed by atoms with van der Waals surface area (Å²) < 4.78 is 36.1. The lowest BCUT2D eigenvalue weighted by Crippen LogP contribution is -2.03. The molecule has 9 heteroatoms. The molecule has 2 aromatic heterocycles. The molecule has 0 aliphatic carbocycles. The van der Waals surface area contributed by atoms with Gasteiger partial charge in [0.05, 0.1) is 21.4 Å². The molecule has 0 unspecified atom stereocenters. The SMILES string of the molecule is Cc1nc(-c2nc(-c3ccccc3)n(-c3cccc(Cl)c3F)c2-c2ccc(F)c(Cl)c2)no1. The molecule has 0 aliphatic heterocycles. The Kier molecular flexibility index (Phi) is 5.44. The van der Waals surface area contributed by atoms with Crippen molar-refractivity contribution in [2.24, 2.45) is 0 Å². The fraction of sp³-hybridized carbons (Fsp3) is 0.0417. The van der Waals surface area contributed by atoms with E-state index in [0.717, 1.165) is 0 Å². The number of benzene rings is 3. The smallest absolute Gasteiger partial charge is 0.223 e. The second-order valence-corrected chi connectivity index (χ2v) is 7.99. The highest BCUT2D eigenvalue weighted by atomic mass is 35.5. The zero-order chi connectivity index (χ0) is 23.1. The first kappa shape index (κ1) is 21.3. The van der Waals surface area contributed by atoms with E-state index in [1.54, 1.807) is 23.6 Å². The van der Waals surface area contributed by atoms with Crippen molar-refractivity contribution in [2.45, 2.75) is 6.92 Å². The summed E-state index contributed by atoms with van der Waals surface area (Å²) in [7, 11) is 0. The normalized spacial score (nSPS) is 11.2. The van der Waals surface area contributed by atoms with Gasteiger partial charge in [-0.2, -0.15) is 4.98 Å². The van der Waals surface area contributed by atoms with Crippen LogP contribution in [0.5, 0.6) is 0 Å². The van der Waals surface area contributed by atoms with Crippen LogP contribution in [0.3, 0.4) is 0 Å². The van der Waals surface area contributed by atoms with Crippen molar-refractivity contribution < 1.29 is 13.3 Å². The zero-order valence-electron chi connectivity index (χ0n) is 17.1. The van der Waals surface area contributed by atoms with E-state index in [1.165, 1.54) is 24.3 Å². The molecule has 5 nitrogen and oxygen atoms in total. The monoisotopic (exact) mass is 482 g/mol. The second kappa shape index (κ2) is 8.42. The van der Waals surface area contributed by atoms with E-state index >= 15 is 4.39 Å². The van der Waals surface area contributed by atoms with Crippen molar-refractivity contribution in [3.05, 3.63) is 94.3 Å². The largest absolute Gasteiger partial charge is 0.339 e. The van der Waals surface area contributed by atoms with Crippen molar-refractivity contribution in [3.63, 3.8) is 0 Å². The average molecular weight is 483 g/mol. The molecule has 0 saturated carbocycles. The highest BCUT2D eigenvalue weighted by Crippen LogP contribution is 2.39. The molecule has 33 heavy (non-hydrogen) atoms. The molecule has 0 aliphatic rings. The van der Waals surface area contributed by atoms with Crippen molar-refractivity contribution in [1.29, 1.82) is 0 Å². The second-order valence-electron chi connectivity index (χ2n) is 7.17. The van der Waals surface area contributed by atoms with Gasteiger partial charge in [0.2, 0.25) is 11.7 Å². The highest BCUT2D eigenvalue weighted by molar-refractivity contribution is 6.31. The van der Waals surface area contributed by atoms with Crippen molar-refractivity contribution >= 4 is 23.2 Å². The standard InChI is InChI=1S/C24H14Cl2F2N4O/c1-13-29-23(31-33-13)21-22(15-10-11-18(27)17(26)12-15)32(19-9-5-8-16(25)20(19)28)24(30-21)14-6-3-2-4-7-14/h2-12H,1H3. The molecule has 0 radical (unpaired) electrons. The predicted molar refractivity (Wildman–Crippen MR) is 122 cm³/mol. The molecule has 2 heterocycles. The molecule has 0 spiro atoms. The van der Waals surface area contributed by atoms with Crippen LogP contribution in [0.4, 0.5) is 8.78 Å². The van der Waals surface area contributed by atoms with Gasteiger partial charge in [-0.05, 0) is 30.3 Å². The topological polar surface area (TPSA) is 56.7 Å².